The van der Waals surface area contributed by atoms with Gasteiger partial charge in [-0.15, -0.1) is 0 Å². The van der Waals surface area contributed by atoms with Crippen molar-refractivity contribution in [3.05, 3.63) is 18.2 Å². The van der Waals surface area contributed by atoms with E-state index in [0.29, 0.717) is 12.2 Å². The zero-order chi connectivity index (χ0) is 12.5. The minimum absolute atomic E-state index is 0.0230. The van der Waals surface area contributed by atoms with Gasteiger partial charge >= 0.3 is 0 Å². The van der Waals surface area contributed by atoms with Gasteiger partial charge in [0.15, 0.2) is 15.7 Å². The Hall–Kier alpha value is -1.17. The number of hydrogen-bond acceptors (Lipinski definition) is 4. The molecule has 6 heteroatoms. The molecular formula is C11H16N2O3S. The number of hydrogen-bond donors (Lipinski definition) is 0. The standard InChI is InChI=1S/C11H16N2O3S/c1-2-5-13-6-4-12-11(13)10(14)9-3-7-17(15,16)8-9/h4,6,9H,2-3,5,7-8H2,1H3. The Morgan fingerprint density at radius 1 is 1.59 bits per heavy atom. The average molecular weight is 256 g/mol. The molecular weight excluding hydrogens is 240 g/mol. The van der Waals surface area contributed by atoms with Crippen LogP contribution in [0.15, 0.2) is 12.4 Å². The van der Waals surface area contributed by atoms with Crippen LogP contribution in [0, 0.1) is 5.92 Å². The zero-order valence-corrected chi connectivity index (χ0v) is 10.6. The van der Waals surface area contributed by atoms with E-state index in [1.807, 2.05) is 6.92 Å². The predicted octanol–water partition coefficient (Wildman–Crippen LogP) is 0.911. The summed E-state index contributed by atoms with van der Waals surface area (Å²) in [5.74, 6) is -0.0422. The summed E-state index contributed by atoms with van der Waals surface area (Å²) in [5, 5.41) is 0. The fourth-order valence-corrected chi connectivity index (χ4v) is 3.88. The molecule has 2 heterocycles. The summed E-state index contributed by atoms with van der Waals surface area (Å²) in [4.78, 5) is 16.2. The normalized spacial score (nSPS) is 22.8. The Labute approximate surface area is 101 Å². The van der Waals surface area contributed by atoms with Crippen molar-refractivity contribution in [2.24, 2.45) is 5.92 Å². The van der Waals surface area contributed by atoms with E-state index >= 15 is 0 Å². The van der Waals surface area contributed by atoms with E-state index in [9.17, 15) is 13.2 Å². The largest absolute Gasteiger partial charge is 0.329 e. The van der Waals surface area contributed by atoms with Crippen LogP contribution in [0.25, 0.3) is 0 Å². The van der Waals surface area contributed by atoms with E-state index in [1.165, 1.54) is 0 Å². The van der Waals surface area contributed by atoms with Gasteiger partial charge in [-0.3, -0.25) is 4.79 Å². The number of aryl methyl sites for hydroxylation is 1. The number of Topliss-reactive ketones (excluding diaryl/α,β-unsaturated/α-hetero) is 1. The van der Waals surface area contributed by atoms with Crippen LogP contribution in [0.4, 0.5) is 0 Å². The van der Waals surface area contributed by atoms with Crippen LogP contribution in [0.5, 0.6) is 0 Å². The van der Waals surface area contributed by atoms with Crippen molar-refractivity contribution in [2.75, 3.05) is 11.5 Å². The molecule has 1 saturated heterocycles. The second kappa shape index (κ2) is 4.60. The van der Waals surface area contributed by atoms with Gasteiger partial charge in [-0.2, -0.15) is 0 Å². The van der Waals surface area contributed by atoms with E-state index in [2.05, 4.69) is 4.98 Å². The highest BCUT2D eigenvalue weighted by atomic mass is 32.2. The zero-order valence-electron chi connectivity index (χ0n) is 9.80. The van der Waals surface area contributed by atoms with Crippen LogP contribution >= 0.6 is 0 Å². The Balaban J connectivity index is 2.17. The summed E-state index contributed by atoms with van der Waals surface area (Å²) in [6.45, 7) is 2.76. The maximum Gasteiger partial charge on any atom is 0.202 e. The van der Waals surface area contributed by atoms with Crippen molar-refractivity contribution >= 4 is 15.6 Å². The summed E-state index contributed by atoms with van der Waals surface area (Å²) >= 11 is 0. The van der Waals surface area contributed by atoms with Gasteiger partial charge in [0, 0.05) is 24.9 Å². The first-order valence-electron chi connectivity index (χ1n) is 5.79. The van der Waals surface area contributed by atoms with Crippen molar-refractivity contribution in [2.45, 2.75) is 26.3 Å². The van der Waals surface area contributed by atoms with Gasteiger partial charge in [-0.1, -0.05) is 6.92 Å². The van der Waals surface area contributed by atoms with Crippen LogP contribution in [-0.4, -0.2) is 35.3 Å². The van der Waals surface area contributed by atoms with Gasteiger partial charge in [-0.25, -0.2) is 13.4 Å². The third-order valence-electron chi connectivity index (χ3n) is 3.00. The van der Waals surface area contributed by atoms with Crippen LogP contribution in [0.2, 0.25) is 0 Å². The molecule has 0 amide bonds. The fraction of sp³-hybridized carbons (Fsp3) is 0.636. The smallest absolute Gasteiger partial charge is 0.202 e. The number of ketones is 1. The molecule has 17 heavy (non-hydrogen) atoms. The molecule has 2 rings (SSSR count). The molecule has 0 aliphatic carbocycles. The van der Waals surface area contributed by atoms with E-state index in [1.54, 1.807) is 17.0 Å². The van der Waals surface area contributed by atoms with Gasteiger partial charge in [0.25, 0.3) is 0 Å². The molecule has 1 atom stereocenters. The Kier molecular flexibility index (Phi) is 3.33. The minimum atomic E-state index is -3.01. The molecule has 1 unspecified atom stereocenters. The van der Waals surface area contributed by atoms with Crippen LogP contribution in [-0.2, 0) is 16.4 Å². The number of nitrogens with zero attached hydrogens (tertiary/aromatic N) is 2. The number of aromatic nitrogens is 2. The van der Waals surface area contributed by atoms with Gasteiger partial charge in [0.1, 0.15) is 0 Å². The maximum absolute atomic E-state index is 12.1. The molecule has 0 aromatic carbocycles. The molecule has 1 aromatic rings. The van der Waals surface area contributed by atoms with E-state index in [0.717, 1.165) is 13.0 Å². The van der Waals surface area contributed by atoms with Crippen LogP contribution in [0.3, 0.4) is 0 Å². The Morgan fingerprint density at radius 2 is 2.35 bits per heavy atom. The minimum Gasteiger partial charge on any atom is -0.329 e. The maximum atomic E-state index is 12.1. The van der Waals surface area contributed by atoms with Gasteiger partial charge < -0.3 is 4.57 Å². The van der Waals surface area contributed by atoms with Crippen molar-refractivity contribution in [1.82, 2.24) is 9.55 Å². The van der Waals surface area contributed by atoms with E-state index < -0.39 is 15.8 Å². The lowest BCUT2D eigenvalue weighted by Crippen LogP contribution is -2.20. The third-order valence-corrected chi connectivity index (χ3v) is 4.77. The molecule has 0 radical (unpaired) electrons. The number of rotatable bonds is 4. The molecule has 94 valence electrons. The first kappa shape index (κ1) is 12.3. The lowest BCUT2D eigenvalue weighted by Gasteiger charge is -2.08. The predicted molar refractivity (Wildman–Crippen MR) is 63.6 cm³/mol. The van der Waals surface area contributed by atoms with E-state index in [-0.39, 0.29) is 17.3 Å². The van der Waals surface area contributed by atoms with Crippen molar-refractivity contribution in [3.63, 3.8) is 0 Å². The molecule has 1 fully saturated rings. The number of imidazole rings is 1. The SMILES string of the molecule is CCCn1ccnc1C(=O)C1CCS(=O)(=O)C1. The second-order valence-electron chi connectivity index (χ2n) is 4.41. The Bertz CT molecular complexity index is 519. The fourth-order valence-electron chi connectivity index (χ4n) is 2.14. The summed E-state index contributed by atoms with van der Waals surface area (Å²) in [6, 6.07) is 0. The van der Waals surface area contributed by atoms with Crippen molar-refractivity contribution in [1.29, 1.82) is 0 Å². The molecule has 1 aromatic heterocycles. The molecule has 1 aliphatic rings. The highest BCUT2D eigenvalue weighted by Crippen LogP contribution is 2.22. The molecule has 0 N–H and O–H groups in total. The third kappa shape index (κ3) is 2.57. The van der Waals surface area contributed by atoms with Crippen molar-refractivity contribution < 1.29 is 13.2 Å². The van der Waals surface area contributed by atoms with Crippen LogP contribution in [0.1, 0.15) is 30.4 Å². The summed E-state index contributed by atoms with van der Waals surface area (Å²) in [7, 11) is -3.01. The molecule has 1 aliphatic heterocycles. The van der Waals surface area contributed by atoms with Gasteiger partial charge in [0.2, 0.25) is 5.78 Å². The lowest BCUT2D eigenvalue weighted by molar-refractivity contribution is 0.0918. The Morgan fingerprint density at radius 3 is 2.94 bits per heavy atom. The highest BCUT2D eigenvalue weighted by molar-refractivity contribution is 7.91. The molecule has 5 nitrogen and oxygen atoms in total. The molecule has 0 saturated carbocycles. The quantitative estimate of drug-likeness (QED) is 0.751. The first-order valence-corrected chi connectivity index (χ1v) is 7.61. The number of carbonyl (C=O) groups excluding carboxylic acids is 1. The molecule has 0 bridgehead atoms. The van der Waals surface area contributed by atoms with Gasteiger partial charge in [0.05, 0.1) is 11.5 Å². The molecule has 0 spiro atoms. The summed E-state index contributed by atoms with van der Waals surface area (Å²) < 4.78 is 24.5. The number of carbonyl (C=O) groups is 1. The van der Waals surface area contributed by atoms with Crippen molar-refractivity contribution in [3.8, 4) is 0 Å². The second-order valence-corrected chi connectivity index (χ2v) is 6.64. The van der Waals surface area contributed by atoms with E-state index in [4.69, 9.17) is 0 Å². The first-order chi connectivity index (χ1) is 8.03. The topological polar surface area (TPSA) is 69.0 Å². The summed E-state index contributed by atoms with van der Waals surface area (Å²) in [5.41, 5.74) is 0. The van der Waals surface area contributed by atoms with Crippen LogP contribution < -0.4 is 0 Å². The average Bonchev–Trinajstić information content (AvgIpc) is 2.84. The number of sulfone groups is 1. The highest BCUT2D eigenvalue weighted by Gasteiger charge is 2.34. The lowest BCUT2D eigenvalue weighted by atomic mass is 10.0. The van der Waals surface area contributed by atoms with Gasteiger partial charge in [-0.05, 0) is 12.8 Å². The summed E-state index contributed by atoms with van der Waals surface area (Å²) in [6.07, 6.45) is 4.70. The monoisotopic (exact) mass is 256 g/mol.